The van der Waals surface area contributed by atoms with Crippen LogP contribution in [-0.2, 0) is 9.53 Å². The lowest BCUT2D eigenvalue weighted by Gasteiger charge is -2.06. The van der Waals surface area contributed by atoms with E-state index in [0.717, 1.165) is 17.8 Å². The fourth-order valence-corrected chi connectivity index (χ4v) is 2.65. The summed E-state index contributed by atoms with van der Waals surface area (Å²) < 4.78 is 18.0. The van der Waals surface area contributed by atoms with Crippen molar-refractivity contribution in [3.63, 3.8) is 0 Å². The summed E-state index contributed by atoms with van der Waals surface area (Å²) in [5.41, 5.74) is 0.942. The van der Waals surface area contributed by atoms with Crippen molar-refractivity contribution in [1.29, 1.82) is 0 Å². The Morgan fingerprint density at radius 2 is 2.24 bits per heavy atom. The number of esters is 1. The van der Waals surface area contributed by atoms with Crippen molar-refractivity contribution < 1.29 is 18.7 Å². The van der Waals surface area contributed by atoms with Crippen molar-refractivity contribution >= 4 is 44.3 Å². The number of benzene rings is 1. The summed E-state index contributed by atoms with van der Waals surface area (Å²) in [6.07, 6.45) is 0. The first-order valence-corrected chi connectivity index (χ1v) is 7.47. The van der Waals surface area contributed by atoms with Gasteiger partial charge in [0.25, 0.3) is 5.91 Å². The van der Waals surface area contributed by atoms with Crippen molar-refractivity contribution in [2.45, 2.75) is 6.92 Å². The maximum Gasteiger partial charge on any atom is 0.339 e. The van der Waals surface area contributed by atoms with E-state index in [2.05, 4.69) is 26.2 Å². The number of thiazole rings is 1. The molecule has 1 aromatic carbocycles. The van der Waals surface area contributed by atoms with Gasteiger partial charge in [0.2, 0.25) is 0 Å². The van der Waals surface area contributed by atoms with E-state index in [1.165, 1.54) is 17.4 Å². The molecule has 0 radical (unpaired) electrons. The second-order valence-corrected chi connectivity index (χ2v) is 5.75. The van der Waals surface area contributed by atoms with Crippen LogP contribution in [0, 0.1) is 12.7 Å². The van der Waals surface area contributed by atoms with Crippen LogP contribution < -0.4 is 5.32 Å². The molecule has 0 saturated carbocycles. The number of hydrogen-bond acceptors (Lipinski definition) is 5. The standard InChI is InChI=1S/C13H10BrFN2O3S/c1-7-6-21-13(16-7)17-11(18)5-20-12(19)9-3-2-8(15)4-10(9)14/h2-4,6H,5H2,1H3,(H,16,17,18). The molecule has 0 saturated heterocycles. The number of halogens is 2. The van der Waals surface area contributed by atoms with E-state index < -0.39 is 24.3 Å². The predicted octanol–water partition coefficient (Wildman–Crippen LogP) is 3.15. The third-order valence-corrected chi connectivity index (χ3v) is 3.88. The molecule has 1 N–H and O–H groups in total. The molecule has 0 fully saturated rings. The van der Waals surface area contributed by atoms with Gasteiger partial charge in [-0.05, 0) is 41.1 Å². The average molecular weight is 373 g/mol. The number of amides is 1. The summed E-state index contributed by atoms with van der Waals surface area (Å²) in [5, 5.41) is 4.74. The van der Waals surface area contributed by atoms with E-state index in [0.29, 0.717) is 5.13 Å². The number of anilines is 1. The van der Waals surface area contributed by atoms with Gasteiger partial charge >= 0.3 is 5.97 Å². The minimum atomic E-state index is -0.715. The van der Waals surface area contributed by atoms with Crippen LogP contribution in [0.4, 0.5) is 9.52 Å². The average Bonchev–Trinajstić information content (AvgIpc) is 2.81. The normalized spacial score (nSPS) is 10.2. The van der Waals surface area contributed by atoms with Crippen molar-refractivity contribution in [2.75, 3.05) is 11.9 Å². The van der Waals surface area contributed by atoms with Gasteiger partial charge in [-0.1, -0.05) is 0 Å². The second kappa shape index (κ2) is 6.77. The topological polar surface area (TPSA) is 68.3 Å². The van der Waals surface area contributed by atoms with E-state index >= 15 is 0 Å². The number of ether oxygens (including phenoxy) is 1. The fourth-order valence-electron chi connectivity index (χ4n) is 1.43. The molecule has 0 aliphatic carbocycles. The maximum atomic E-state index is 12.9. The van der Waals surface area contributed by atoms with E-state index in [1.54, 1.807) is 12.3 Å². The zero-order valence-corrected chi connectivity index (χ0v) is 13.3. The van der Waals surface area contributed by atoms with Gasteiger partial charge in [-0.2, -0.15) is 0 Å². The molecule has 1 heterocycles. The quantitative estimate of drug-likeness (QED) is 0.837. The first-order chi connectivity index (χ1) is 9.95. The zero-order valence-electron chi connectivity index (χ0n) is 10.9. The molecule has 0 bridgehead atoms. The van der Waals surface area contributed by atoms with Crippen molar-refractivity contribution in [2.24, 2.45) is 0 Å². The maximum absolute atomic E-state index is 12.9. The smallest absolute Gasteiger partial charge is 0.339 e. The van der Waals surface area contributed by atoms with Gasteiger partial charge in [0.1, 0.15) is 5.82 Å². The number of rotatable bonds is 4. The van der Waals surface area contributed by atoms with Crippen LogP contribution in [0.15, 0.2) is 28.1 Å². The van der Waals surface area contributed by atoms with Gasteiger partial charge in [0.15, 0.2) is 11.7 Å². The van der Waals surface area contributed by atoms with Crippen LogP contribution in [0.2, 0.25) is 0 Å². The number of aromatic nitrogens is 1. The zero-order chi connectivity index (χ0) is 15.4. The molecule has 2 aromatic rings. The second-order valence-electron chi connectivity index (χ2n) is 4.04. The van der Waals surface area contributed by atoms with Gasteiger partial charge in [0, 0.05) is 9.85 Å². The Hall–Kier alpha value is -1.80. The number of carbonyl (C=O) groups is 2. The van der Waals surface area contributed by atoms with Crippen LogP contribution in [0.1, 0.15) is 16.1 Å². The number of aryl methyl sites for hydroxylation is 1. The molecular formula is C13H10BrFN2O3S. The highest BCUT2D eigenvalue weighted by Gasteiger charge is 2.14. The molecule has 110 valence electrons. The summed E-state index contributed by atoms with van der Waals surface area (Å²) in [7, 11) is 0. The Morgan fingerprint density at radius 1 is 1.48 bits per heavy atom. The highest BCUT2D eigenvalue weighted by molar-refractivity contribution is 9.10. The van der Waals surface area contributed by atoms with E-state index in [-0.39, 0.29) is 10.0 Å². The summed E-state index contributed by atoms with van der Waals surface area (Å²) in [6, 6.07) is 3.57. The third-order valence-electron chi connectivity index (χ3n) is 2.35. The highest BCUT2D eigenvalue weighted by Crippen LogP contribution is 2.19. The fraction of sp³-hybridized carbons (Fsp3) is 0.154. The lowest BCUT2D eigenvalue weighted by atomic mass is 10.2. The Balaban J connectivity index is 1.90. The minimum Gasteiger partial charge on any atom is -0.452 e. The molecule has 0 unspecified atom stereocenters. The van der Waals surface area contributed by atoms with E-state index in [4.69, 9.17) is 4.74 Å². The molecule has 0 aliphatic rings. The number of nitrogens with one attached hydrogen (secondary N) is 1. The Bertz CT molecular complexity index is 690. The Labute approximate surface area is 132 Å². The number of hydrogen-bond donors (Lipinski definition) is 1. The van der Waals surface area contributed by atoms with Crippen molar-refractivity contribution in [3.8, 4) is 0 Å². The number of nitrogens with zero attached hydrogens (tertiary/aromatic N) is 1. The summed E-state index contributed by atoms with van der Waals surface area (Å²) in [4.78, 5) is 27.4. The molecule has 1 aromatic heterocycles. The van der Waals surface area contributed by atoms with Crippen LogP contribution in [-0.4, -0.2) is 23.5 Å². The largest absolute Gasteiger partial charge is 0.452 e. The SMILES string of the molecule is Cc1csc(NC(=O)COC(=O)c2ccc(F)cc2Br)n1. The van der Waals surface area contributed by atoms with E-state index in [9.17, 15) is 14.0 Å². The first kappa shape index (κ1) is 15.6. The van der Waals surface area contributed by atoms with Gasteiger partial charge in [0.05, 0.1) is 11.3 Å². The molecule has 0 atom stereocenters. The van der Waals surface area contributed by atoms with Gasteiger partial charge < -0.3 is 4.74 Å². The number of carbonyl (C=O) groups excluding carboxylic acids is 2. The molecule has 0 spiro atoms. The van der Waals surface area contributed by atoms with Crippen LogP contribution in [0.3, 0.4) is 0 Å². The molecule has 21 heavy (non-hydrogen) atoms. The molecule has 2 rings (SSSR count). The summed E-state index contributed by atoms with van der Waals surface area (Å²) in [6.45, 7) is 1.36. The first-order valence-electron chi connectivity index (χ1n) is 5.80. The Morgan fingerprint density at radius 3 is 2.86 bits per heavy atom. The minimum absolute atomic E-state index is 0.147. The van der Waals surface area contributed by atoms with Gasteiger partial charge in [-0.25, -0.2) is 14.2 Å². The van der Waals surface area contributed by atoms with Crippen molar-refractivity contribution in [3.05, 3.63) is 45.1 Å². The van der Waals surface area contributed by atoms with Crippen LogP contribution >= 0.6 is 27.3 Å². The molecule has 1 amide bonds. The lowest BCUT2D eigenvalue weighted by Crippen LogP contribution is -2.21. The monoisotopic (exact) mass is 372 g/mol. The Kier molecular flexibility index (Phi) is 5.03. The lowest BCUT2D eigenvalue weighted by molar-refractivity contribution is -0.119. The molecule has 5 nitrogen and oxygen atoms in total. The highest BCUT2D eigenvalue weighted by atomic mass is 79.9. The molecule has 0 aliphatic heterocycles. The van der Waals surface area contributed by atoms with E-state index in [1.807, 2.05) is 0 Å². The molecule has 8 heteroatoms. The van der Waals surface area contributed by atoms with Gasteiger partial charge in [-0.15, -0.1) is 11.3 Å². The predicted molar refractivity (Wildman–Crippen MR) is 79.9 cm³/mol. The summed E-state index contributed by atoms with van der Waals surface area (Å²) >= 11 is 4.34. The summed E-state index contributed by atoms with van der Waals surface area (Å²) in [5.74, 6) is -1.68. The van der Waals surface area contributed by atoms with Crippen LogP contribution in [0.5, 0.6) is 0 Å². The molecular weight excluding hydrogens is 363 g/mol. The van der Waals surface area contributed by atoms with Crippen LogP contribution in [0.25, 0.3) is 0 Å². The van der Waals surface area contributed by atoms with Crippen molar-refractivity contribution in [1.82, 2.24) is 4.98 Å². The van der Waals surface area contributed by atoms with Gasteiger partial charge in [-0.3, -0.25) is 10.1 Å². The third kappa shape index (κ3) is 4.33.